The molecule has 0 fully saturated rings. The fourth-order valence-corrected chi connectivity index (χ4v) is 2.32. The summed E-state index contributed by atoms with van der Waals surface area (Å²) in [5.74, 6) is 0.177. The first kappa shape index (κ1) is 15.3. The third kappa shape index (κ3) is 3.28. The number of aromatic nitrogens is 1. The Morgan fingerprint density at radius 2 is 2.09 bits per heavy atom. The van der Waals surface area contributed by atoms with Crippen LogP contribution in [0.2, 0.25) is 5.02 Å². The minimum absolute atomic E-state index is 0.0127. The zero-order chi connectivity index (χ0) is 16.2. The SMILES string of the molecule is O=C(NCC(O)c1ccco1)c1ncoc1-c1ccccc1Cl. The number of benzene rings is 1. The molecule has 0 bridgehead atoms. The molecule has 2 N–H and O–H groups in total. The van der Waals surface area contributed by atoms with Crippen LogP contribution in [0.4, 0.5) is 0 Å². The maximum absolute atomic E-state index is 12.3. The minimum atomic E-state index is -0.940. The Bertz CT molecular complexity index is 798. The predicted molar refractivity (Wildman–Crippen MR) is 83.0 cm³/mol. The molecule has 0 spiro atoms. The van der Waals surface area contributed by atoms with E-state index in [1.54, 1.807) is 36.4 Å². The number of hydrogen-bond acceptors (Lipinski definition) is 5. The highest BCUT2D eigenvalue weighted by molar-refractivity contribution is 6.33. The highest BCUT2D eigenvalue weighted by Crippen LogP contribution is 2.29. The summed E-state index contributed by atoms with van der Waals surface area (Å²) in [5, 5.41) is 13.0. The minimum Gasteiger partial charge on any atom is -0.467 e. The first-order valence-electron chi connectivity index (χ1n) is 6.85. The summed E-state index contributed by atoms with van der Waals surface area (Å²) in [5.41, 5.74) is 0.674. The first-order valence-corrected chi connectivity index (χ1v) is 7.22. The summed E-state index contributed by atoms with van der Waals surface area (Å²) < 4.78 is 10.4. The topological polar surface area (TPSA) is 88.5 Å². The van der Waals surface area contributed by atoms with Crippen LogP contribution in [0.25, 0.3) is 11.3 Å². The van der Waals surface area contributed by atoms with E-state index in [1.165, 1.54) is 12.7 Å². The largest absolute Gasteiger partial charge is 0.467 e. The maximum Gasteiger partial charge on any atom is 0.274 e. The Kier molecular flexibility index (Phi) is 4.45. The van der Waals surface area contributed by atoms with E-state index in [4.69, 9.17) is 20.4 Å². The number of rotatable bonds is 5. The van der Waals surface area contributed by atoms with Crippen LogP contribution in [0.3, 0.4) is 0 Å². The van der Waals surface area contributed by atoms with Crippen molar-refractivity contribution in [3.63, 3.8) is 0 Å². The Morgan fingerprint density at radius 3 is 2.83 bits per heavy atom. The number of hydrogen-bond donors (Lipinski definition) is 2. The van der Waals surface area contributed by atoms with Crippen LogP contribution >= 0.6 is 11.6 Å². The van der Waals surface area contributed by atoms with Gasteiger partial charge in [0, 0.05) is 5.56 Å². The average Bonchev–Trinajstić information content (AvgIpc) is 3.24. The quantitative estimate of drug-likeness (QED) is 0.749. The Hall–Kier alpha value is -2.57. The second-order valence-electron chi connectivity index (χ2n) is 4.75. The number of carbonyl (C=O) groups is 1. The normalized spacial score (nSPS) is 12.1. The van der Waals surface area contributed by atoms with Crippen molar-refractivity contribution >= 4 is 17.5 Å². The van der Waals surface area contributed by atoms with Crippen molar-refractivity contribution < 1.29 is 18.7 Å². The molecular formula is C16H13ClN2O4. The molecule has 2 aromatic heterocycles. The summed E-state index contributed by atoms with van der Waals surface area (Å²) in [6, 6.07) is 10.3. The molecule has 0 radical (unpaired) electrons. The van der Waals surface area contributed by atoms with Gasteiger partial charge >= 0.3 is 0 Å². The highest BCUT2D eigenvalue weighted by Gasteiger charge is 2.21. The predicted octanol–water partition coefficient (Wildman–Crippen LogP) is 3.05. The molecule has 1 amide bonds. The van der Waals surface area contributed by atoms with Gasteiger partial charge in [-0.05, 0) is 24.3 Å². The van der Waals surface area contributed by atoms with Crippen molar-refractivity contribution in [2.45, 2.75) is 6.10 Å². The van der Waals surface area contributed by atoms with E-state index in [-0.39, 0.29) is 18.0 Å². The molecule has 7 heteroatoms. The second-order valence-corrected chi connectivity index (χ2v) is 5.16. The maximum atomic E-state index is 12.3. The molecule has 6 nitrogen and oxygen atoms in total. The van der Waals surface area contributed by atoms with Crippen LogP contribution in [0.15, 0.2) is 57.9 Å². The summed E-state index contributed by atoms with van der Waals surface area (Å²) in [6.07, 6.45) is 1.69. The van der Waals surface area contributed by atoms with Crippen LogP contribution in [-0.4, -0.2) is 22.5 Å². The number of nitrogens with one attached hydrogen (secondary N) is 1. The molecule has 118 valence electrons. The third-order valence-electron chi connectivity index (χ3n) is 3.23. The Morgan fingerprint density at radius 1 is 1.26 bits per heavy atom. The lowest BCUT2D eigenvalue weighted by Crippen LogP contribution is -2.28. The standard InChI is InChI=1S/C16H13ClN2O4/c17-11-5-2-1-4-10(11)15-14(19-9-23-15)16(21)18-8-12(20)13-6-3-7-22-13/h1-7,9,12,20H,8H2,(H,18,21). The van der Waals surface area contributed by atoms with E-state index >= 15 is 0 Å². The van der Waals surface area contributed by atoms with Crippen molar-refractivity contribution in [2.75, 3.05) is 6.54 Å². The van der Waals surface area contributed by atoms with Gasteiger partial charge in [0.05, 0.1) is 17.8 Å². The molecular weight excluding hydrogens is 320 g/mol. The van der Waals surface area contributed by atoms with Crippen molar-refractivity contribution in [1.29, 1.82) is 0 Å². The van der Waals surface area contributed by atoms with E-state index in [9.17, 15) is 9.90 Å². The lowest BCUT2D eigenvalue weighted by atomic mass is 10.1. The second kappa shape index (κ2) is 6.68. The number of amides is 1. The van der Waals surface area contributed by atoms with Gasteiger partial charge in [-0.3, -0.25) is 4.79 Å². The van der Waals surface area contributed by atoms with Gasteiger partial charge in [0.1, 0.15) is 11.9 Å². The zero-order valence-corrected chi connectivity index (χ0v) is 12.7. The molecule has 0 saturated carbocycles. The molecule has 3 aromatic rings. The summed E-state index contributed by atoms with van der Waals surface area (Å²) in [6.45, 7) is -0.0127. The molecule has 0 aliphatic rings. The molecule has 3 rings (SSSR count). The molecule has 0 aliphatic heterocycles. The number of furan rings is 1. The lowest BCUT2D eigenvalue weighted by molar-refractivity contribution is 0.0897. The highest BCUT2D eigenvalue weighted by atomic mass is 35.5. The van der Waals surface area contributed by atoms with Crippen molar-refractivity contribution in [2.24, 2.45) is 0 Å². The van der Waals surface area contributed by atoms with Gasteiger partial charge in [-0.2, -0.15) is 0 Å². The number of halogens is 1. The van der Waals surface area contributed by atoms with Crippen LogP contribution in [0.1, 0.15) is 22.4 Å². The van der Waals surface area contributed by atoms with E-state index in [2.05, 4.69) is 10.3 Å². The molecule has 1 atom stereocenters. The molecule has 1 unspecified atom stereocenters. The van der Waals surface area contributed by atoms with Crippen molar-refractivity contribution in [3.05, 3.63) is 65.5 Å². The van der Waals surface area contributed by atoms with Gasteiger partial charge < -0.3 is 19.3 Å². The number of nitrogens with zero attached hydrogens (tertiary/aromatic N) is 1. The van der Waals surface area contributed by atoms with Gasteiger partial charge in [-0.15, -0.1) is 0 Å². The van der Waals surface area contributed by atoms with Gasteiger partial charge in [0.15, 0.2) is 17.8 Å². The van der Waals surface area contributed by atoms with Gasteiger partial charge in [0.25, 0.3) is 5.91 Å². The lowest BCUT2D eigenvalue weighted by Gasteiger charge is -2.09. The van der Waals surface area contributed by atoms with Gasteiger partial charge in [-0.1, -0.05) is 23.7 Å². The van der Waals surface area contributed by atoms with Crippen molar-refractivity contribution in [3.8, 4) is 11.3 Å². The average molecular weight is 333 g/mol. The summed E-state index contributed by atoms with van der Waals surface area (Å²) in [7, 11) is 0. The molecule has 0 aliphatic carbocycles. The smallest absolute Gasteiger partial charge is 0.274 e. The van der Waals surface area contributed by atoms with Crippen LogP contribution in [0.5, 0.6) is 0 Å². The van der Waals surface area contributed by atoms with E-state index < -0.39 is 12.0 Å². The van der Waals surface area contributed by atoms with E-state index in [0.29, 0.717) is 16.3 Å². The van der Waals surface area contributed by atoms with Crippen molar-refractivity contribution in [1.82, 2.24) is 10.3 Å². The molecule has 23 heavy (non-hydrogen) atoms. The van der Waals surface area contributed by atoms with Gasteiger partial charge in [0.2, 0.25) is 0 Å². The summed E-state index contributed by atoms with van der Waals surface area (Å²) >= 11 is 6.12. The van der Waals surface area contributed by atoms with Crippen LogP contribution in [0, 0.1) is 0 Å². The first-order chi connectivity index (χ1) is 11.2. The molecule has 0 saturated heterocycles. The van der Waals surface area contributed by atoms with E-state index in [0.717, 1.165) is 0 Å². The number of oxazole rings is 1. The number of aliphatic hydroxyl groups excluding tert-OH is 1. The summed E-state index contributed by atoms with van der Waals surface area (Å²) in [4.78, 5) is 16.2. The number of aliphatic hydroxyl groups is 1. The molecule has 1 aromatic carbocycles. The number of carbonyl (C=O) groups excluding carboxylic acids is 1. The fourth-order valence-electron chi connectivity index (χ4n) is 2.10. The Labute approximate surface area is 136 Å². The van der Waals surface area contributed by atoms with E-state index in [1.807, 2.05) is 0 Å². The zero-order valence-electron chi connectivity index (χ0n) is 11.9. The monoisotopic (exact) mass is 332 g/mol. The Balaban J connectivity index is 1.74. The van der Waals surface area contributed by atoms with Crippen LogP contribution in [-0.2, 0) is 0 Å². The third-order valence-corrected chi connectivity index (χ3v) is 3.56. The van der Waals surface area contributed by atoms with Gasteiger partial charge in [-0.25, -0.2) is 4.98 Å². The van der Waals surface area contributed by atoms with Crippen LogP contribution < -0.4 is 5.32 Å². The fraction of sp³-hybridized carbons (Fsp3) is 0.125. The molecule has 2 heterocycles.